The smallest absolute Gasteiger partial charge is 0.225 e. The van der Waals surface area contributed by atoms with Gasteiger partial charge in [0, 0.05) is 31.1 Å². The van der Waals surface area contributed by atoms with Crippen molar-refractivity contribution in [1.82, 2.24) is 10.2 Å². The van der Waals surface area contributed by atoms with Crippen LogP contribution in [0.4, 0.5) is 0 Å². The number of halogens is 1. The average Bonchev–Trinajstić information content (AvgIpc) is 3.04. The highest BCUT2D eigenvalue weighted by Crippen LogP contribution is 2.24. The fraction of sp³-hybridized carbons (Fsp3) is 0.333. The molecule has 1 fully saturated rings. The number of amides is 2. The lowest BCUT2D eigenvalue weighted by Crippen LogP contribution is -2.34. The highest BCUT2D eigenvalue weighted by molar-refractivity contribution is 6.31. The van der Waals surface area contributed by atoms with Crippen molar-refractivity contribution in [2.24, 2.45) is 5.92 Å². The summed E-state index contributed by atoms with van der Waals surface area (Å²) in [5, 5.41) is 3.58. The van der Waals surface area contributed by atoms with Crippen molar-refractivity contribution in [2.75, 3.05) is 20.2 Å². The van der Waals surface area contributed by atoms with Crippen molar-refractivity contribution in [3.8, 4) is 5.75 Å². The molecule has 0 aromatic heterocycles. The van der Waals surface area contributed by atoms with Gasteiger partial charge in [0.05, 0.1) is 13.0 Å². The van der Waals surface area contributed by atoms with Gasteiger partial charge in [-0.2, -0.15) is 0 Å². The van der Waals surface area contributed by atoms with Gasteiger partial charge in [0.25, 0.3) is 0 Å². The Balaban J connectivity index is 1.51. The van der Waals surface area contributed by atoms with Gasteiger partial charge in [-0.3, -0.25) is 9.59 Å². The normalized spacial score (nSPS) is 16.4. The third kappa shape index (κ3) is 4.80. The van der Waals surface area contributed by atoms with Crippen LogP contribution >= 0.6 is 11.6 Å². The number of rotatable bonds is 7. The van der Waals surface area contributed by atoms with E-state index in [2.05, 4.69) is 5.32 Å². The minimum atomic E-state index is -0.322. The Morgan fingerprint density at radius 3 is 2.63 bits per heavy atom. The second kappa shape index (κ2) is 8.91. The van der Waals surface area contributed by atoms with E-state index < -0.39 is 0 Å². The van der Waals surface area contributed by atoms with E-state index in [1.54, 1.807) is 18.1 Å². The maximum Gasteiger partial charge on any atom is 0.225 e. The summed E-state index contributed by atoms with van der Waals surface area (Å²) in [7, 11) is 1.63. The monoisotopic (exact) mass is 386 g/mol. The Labute approximate surface area is 164 Å². The first-order chi connectivity index (χ1) is 13.1. The van der Waals surface area contributed by atoms with Gasteiger partial charge in [-0.15, -0.1) is 0 Å². The molecular formula is C21H23ClN2O3. The lowest BCUT2D eigenvalue weighted by Gasteiger charge is -2.17. The molecule has 1 aliphatic rings. The Kier molecular flexibility index (Phi) is 6.35. The Morgan fingerprint density at radius 2 is 1.89 bits per heavy atom. The predicted octanol–water partition coefficient (Wildman–Crippen LogP) is 3.06. The summed E-state index contributed by atoms with van der Waals surface area (Å²) in [5.74, 6) is 0.395. The SMILES string of the molecule is COc1ccccc1CCNC(=O)C1CC(=O)N(Cc2ccccc2Cl)C1. The number of likely N-dealkylation sites (tertiary alicyclic amines) is 1. The molecule has 5 nitrogen and oxygen atoms in total. The van der Waals surface area contributed by atoms with Crippen LogP contribution in [0.25, 0.3) is 0 Å². The lowest BCUT2D eigenvalue weighted by atomic mass is 10.1. The highest BCUT2D eigenvalue weighted by atomic mass is 35.5. The Hall–Kier alpha value is -2.53. The predicted molar refractivity (Wildman–Crippen MR) is 105 cm³/mol. The standard InChI is InChI=1S/C21H23ClN2O3/c1-27-19-9-5-3-6-15(19)10-11-23-21(26)17-12-20(25)24(14-17)13-16-7-2-4-8-18(16)22/h2-9,17H,10-14H2,1H3,(H,23,26). The van der Waals surface area contributed by atoms with Crippen LogP contribution in [0.2, 0.25) is 5.02 Å². The molecule has 1 unspecified atom stereocenters. The summed E-state index contributed by atoms with van der Waals surface area (Å²) < 4.78 is 5.32. The molecule has 1 atom stereocenters. The molecule has 1 heterocycles. The molecule has 2 aromatic carbocycles. The second-order valence-corrected chi connectivity index (χ2v) is 7.03. The van der Waals surface area contributed by atoms with E-state index >= 15 is 0 Å². The first-order valence-corrected chi connectivity index (χ1v) is 9.37. The molecule has 0 spiro atoms. The van der Waals surface area contributed by atoms with E-state index in [0.29, 0.717) is 31.1 Å². The maximum absolute atomic E-state index is 12.5. The van der Waals surface area contributed by atoms with E-state index in [4.69, 9.17) is 16.3 Å². The van der Waals surface area contributed by atoms with Gasteiger partial charge >= 0.3 is 0 Å². The fourth-order valence-corrected chi connectivity index (χ4v) is 3.50. The van der Waals surface area contributed by atoms with Crippen molar-refractivity contribution < 1.29 is 14.3 Å². The van der Waals surface area contributed by atoms with Crippen LogP contribution in [0.5, 0.6) is 5.75 Å². The summed E-state index contributed by atoms with van der Waals surface area (Å²) in [6, 6.07) is 15.2. The fourth-order valence-electron chi connectivity index (χ4n) is 3.31. The first-order valence-electron chi connectivity index (χ1n) is 8.99. The molecule has 142 valence electrons. The highest BCUT2D eigenvalue weighted by Gasteiger charge is 2.34. The Bertz CT molecular complexity index is 825. The van der Waals surface area contributed by atoms with Crippen LogP contribution in [-0.4, -0.2) is 36.9 Å². The number of benzene rings is 2. The molecule has 2 amide bonds. The second-order valence-electron chi connectivity index (χ2n) is 6.62. The molecule has 1 N–H and O–H groups in total. The molecule has 0 saturated carbocycles. The van der Waals surface area contributed by atoms with E-state index in [9.17, 15) is 9.59 Å². The van der Waals surface area contributed by atoms with Gasteiger partial charge in [0.1, 0.15) is 5.75 Å². The number of para-hydroxylation sites is 1. The van der Waals surface area contributed by atoms with Gasteiger partial charge in [-0.05, 0) is 29.7 Å². The number of carbonyl (C=O) groups is 2. The van der Waals surface area contributed by atoms with Gasteiger partial charge in [0.15, 0.2) is 0 Å². The number of methoxy groups -OCH3 is 1. The first kappa shape index (κ1) is 19.2. The third-order valence-electron chi connectivity index (χ3n) is 4.79. The van der Waals surface area contributed by atoms with Crippen LogP contribution in [0.1, 0.15) is 17.5 Å². The van der Waals surface area contributed by atoms with Crippen LogP contribution in [-0.2, 0) is 22.6 Å². The topological polar surface area (TPSA) is 58.6 Å². The maximum atomic E-state index is 12.5. The third-order valence-corrected chi connectivity index (χ3v) is 5.16. The largest absolute Gasteiger partial charge is 0.496 e. The molecule has 27 heavy (non-hydrogen) atoms. The number of hydrogen-bond donors (Lipinski definition) is 1. The zero-order chi connectivity index (χ0) is 19.2. The van der Waals surface area contributed by atoms with Gasteiger partial charge in [-0.25, -0.2) is 0 Å². The molecule has 1 saturated heterocycles. The molecule has 0 bridgehead atoms. The van der Waals surface area contributed by atoms with E-state index in [1.807, 2.05) is 42.5 Å². The van der Waals surface area contributed by atoms with E-state index in [0.717, 1.165) is 16.9 Å². The molecule has 6 heteroatoms. The zero-order valence-corrected chi connectivity index (χ0v) is 16.0. The van der Waals surface area contributed by atoms with Crippen LogP contribution < -0.4 is 10.1 Å². The van der Waals surface area contributed by atoms with Crippen molar-refractivity contribution >= 4 is 23.4 Å². The number of nitrogens with zero attached hydrogens (tertiary/aromatic N) is 1. The van der Waals surface area contributed by atoms with E-state index in [1.165, 1.54) is 0 Å². The summed E-state index contributed by atoms with van der Waals surface area (Å²) >= 11 is 6.17. The summed E-state index contributed by atoms with van der Waals surface area (Å²) in [4.78, 5) is 26.4. The number of nitrogens with one attached hydrogen (secondary N) is 1. The van der Waals surface area contributed by atoms with Crippen LogP contribution in [0, 0.1) is 5.92 Å². The van der Waals surface area contributed by atoms with Crippen LogP contribution in [0.3, 0.4) is 0 Å². The van der Waals surface area contributed by atoms with Crippen molar-refractivity contribution in [3.63, 3.8) is 0 Å². The minimum absolute atomic E-state index is 0.0141. The lowest BCUT2D eigenvalue weighted by molar-refractivity contribution is -0.129. The minimum Gasteiger partial charge on any atom is -0.496 e. The molecule has 1 aliphatic heterocycles. The molecular weight excluding hydrogens is 364 g/mol. The summed E-state index contributed by atoms with van der Waals surface area (Å²) in [6.45, 7) is 1.36. The zero-order valence-electron chi connectivity index (χ0n) is 15.3. The molecule has 0 radical (unpaired) electrons. The summed E-state index contributed by atoms with van der Waals surface area (Å²) in [6.07, 6.45) is 0.921. The number of carbonyl (C=O) groups excluding carboxylic acids is 2. The molecule has 3 rings (SSSR count). The molecule has 0 aliphatic carbocycles. The quantitative estimate of drug-likeness (QED) is 0.795. The number of ether oxygens (including phenoxy) is 1. The van der Waals surface area contributed by atoms with Gasteiger partial charge < -0.3 is 15.0 Å². The Morgan fingerprint density at radius 1 is 1.19 bits per heavy atom. The van der Waals surface area contributed by atoms with Crippen molar-refractivity contribution in [1.29, 1.82) is 0 Å². The van der Waals surface area contributed by atoms with Crippen LogP contribution in [0.15, 0.2) is 48.5 Å². The van der Waals surface area contributed by atoms with Gasteiger partial charge in [-0.1, -0.05) is 48.0 Å². The van der Waals surface area contributed by atoms with Crippen molar-refractivity contribution in [3.05, 3.63) is 64.7 Å². The van der Waals surface area contributed by atoms with Gasteiger partial charge in [0.2, 0.25) is 11.8 Å². The number of hydrogen-bond acceptors (Lipinski definition) is 3. The molecule has 2 aromatic rings. The summed E-state index contributed by atoms with van der Waals surface area (Å²) in [5.41, 5.74) is 1.94. The van der Waals surface area contributed by atoms with E-state index in [-0.39, 0.29) is 24.2 Å². The average molecular weight is 387 g/mol. The van der Waals surface area contributed by atoms with Crippen molar-refractivity contribution in [2.45, 2.75) is 19.4 Å².